The number of hydrogen-bond donors (Lipinski definition) is 1. The smallest absolute Gasteiger partial charge is 0.261 e. The molecule has 0 aliphatic heterocycles. The minimum Gasteiger partial charge on any atom is -0.508 e. The summed E-state index contributed by atoms with van der Waals surface area (Å²) in [6, 6.07) is 6.29. The fourth-order valence-corrected chi connectivity index (χ4v) is 1.41. The summed E-state index contributed by atoms with van der Waals surface area (Å²) >= 11 is 0. The highest BCUT2D eigenvalue weighted by Gasteiger charge is 2.09. The molecule has 0 spiro atoms. The maximum absolute atomic E-state index is 11.8. The number of halogens is 2. The Morgan fingerprint density at radius 3 is 2.68 bits per heavy atom. The minimum atomic E-state index is -2.47. The third kappa shape index (κ3) is 3.99. The van der Waals surface area contributed by atoms with Gasteiger partial charge in [-0.05, 0) is 24.3 Å². The van der Waals surface area contributed by atoms with Crippen LogP contribution in [-0.4, -0.2) is 34.9 Å². The first kappa shape index (κ1) is 13.4. The topological polar surface area (TPSA) is 68.4 Å². The Morgan fingerprint density at radius 1 is 1.26 bits per heavy atom. The molecule has 0 bridgehead atoms. The van der Waals surface area contributed by atoms with E-state index in [2.05, 4.69) is 10.1 Å². The Labute approximate surface area is 107 Å². The predicted molar refractivity (Wildman–Crippen MR) is 61.9 cm³/mol. The Morgan fingerprint density at radius 2 is 2.00 bits per heavy atom. The molecular formula is C12H12F2N2O3. The third-order valence-corrected chi connectivity index (χ3v) is 2.30. The van der Waals surface area contributed by atoms with Gasteiger partial charge < -0.3 is 14.4 Å². The van der Waals surface area contributed by atoms with Gasteiger partial charge in [0.05, 0.1) is 6.61 Å². The molecule has 1 heterocycles. The zero-order chi connectivity index (χ0) is 13.7. The van der Waals surface area contributed by atoms with Crippen molar-refractivity contribution in [2.24, 2.45) is 0 Å². The van der Waals surface area contributed by atoms with Crippen molar-refractivity contribution in [3.63, 3.8) is 0 Å². The van der Waals surface area contributed by atoms with Crippen molar-refractivity contribution in [2.45, 2.75) is 12.8 Å². The fraction of sp³-hybridized carbons (Fsp3) is 0.333. The van der Waals surface area contributed by atoms with E-state index in [1.807, 2.05) is 0 Å². The molecule has 1 N–H and O–H groups in total. The van der Waals surface area contributed by atoms with Gasteiger partial charge in [0.25, 0.3) is 12.3 Å². The summed E-state index contributed by atoms with van der Waals surface area (Å²) in [5, 5.41) is 12.9. The quantitative estimate of drug-likeness (QED) is 0.815. The van der Waals surface area contributed by atoms with E-state index >= 15 is 0 Å². The number of aromatic nitrogens is 2. The predicted octanol–water partition coefficient (Wildman–Crippen LogP) is 2.27. The molecule has 0 saturated heterocycles. The number of nitrogens with zero attached hydrogens (tertiary/aromatic N) is 2. The lowest BCUT2D eigenvalue weighted by Crippen LogP contribution is -2.07. The van der Waals surface area contributed by atoms with Gasteiger partial charge in [0.2, 0.25) is 0 Å². The molecule has 102 valence electrons. The van der Waals surface area contributed by atoms with E-state index in [1.54, 1.807) is 12.1 Å². The lowest BCUT2D eigenvalue weighted by atomic mass is 10.2. The largest absolute Gasteiger partial charge is 0.508 e. The van der Waals surface area contributed by atoms with Gasteiger partial charge >= 0.3 is 0 Å². The highest BCUT2D eigenvalue weighted by Crippen LogP contribution is 2.19. The van der Waals surface area contributed by atoms with Crippen LogP contribution >= 0.6 is 0 Å². The SMILES string of the molecule is Oc1ccc(-c2nc(CCOCC(F)F)no2)cc1. The second-order valence-corrected chi connectivity index (χ2v) is 3.78. The number of phenols is 1. The monoisotopic (exact) mass is 270 g/mol. The molecule has 0 amide bonds. The zero-order valence-corrected chi connectivity index (χ0v) is 9.92. The lowest BCUT2D eigenvalue weighted by Gasteiger charge is -1.99. The number of alkyl halides is 2. The summed E-state index contributed by atoms with van der Waals surface area (Å²) in [5.41, 5.74) is 0.671. The first-order valence-electron chi connectivity index (χ1n) is 5.63. The van der Waals surface area contributed by atoms with Crippen LogP contribution < -0.4 is 0 Å². The van der Waals surface area contributed by atoms with Crippen LogP contribution in [0.15, 0.2) is 28.8 Å². The Bertz CT molecular complexity index is 514. The molecule has 2 aromatic rings. The van der Waals surface area contributed by atoms with Gasteiger partial charge in [-0.3, -0.25) is 0 Å². The van der Waals surface area contributed by atoms with Gasteiger partial charge in [-0.1, -0.05) is 5.16 Å². The highest BCUT2D eigenvalue weighted by molar-refractivity contribution is 5.53. The van der Waals surface area contributed by atoms with Gasteiger partial charge in [0, 0.05) is 12.0 Å². The molecule has 0 atom stereocenters. The molecule has 0 fully saturated rings. The van der Waals surface area contributed by atoms with E-state index in [0.717, 1.165) is 0 Å². The number of benzene rings is 1. The van der Waals surface area contributed by atoms with Crippen LogP contribution in [0.25, 0.3) is 11.5 Å². The molecule has 0 radical (unpaired) electrons. The van der Waals surface area contributed by atoms with Crippen molar-refractivity contribution >= 4 is 0 Å². The van der Waals surface area contributed by atoms with Gasteiger partial charge in [0.15, 0.2) is 5.82 Å². The number of ether oxygens (including phenoxy) is 1. The van der Waals surface area contributed by atoms with Crippen molar-refractivity contribution in [2.75, 3.05) is 13.2 Å². The second-order valence-electron chi connectivity index (χ2n) is 3.78. The van der Waals surface area contributed by atoms with Crippen molar-refractivity contribution in [3.05, 3.63) is 30.1 Å². The van der Waals surface area contributed by atoms with Gasteiger partial charge in [-0.2, -0.15) is 4.98 Å². The standard InChI is InChI=1S/C12H12F2N2O3/c13-10(14)7-18-6-5-11-15-12(19-16-11)8-1-3-9(17)4-2-8/h1-4,10,17H,5-7H2. The van der Waals surface area contributed by atoms with Crippen LogP contribution in [0, 0.1) is 0 Å². The second kappa shape index (κ2) is 6.24. The average Bonchev–Trinajstić information content (AvgIpc) is 2.84. The molecule has 5 nitrogen and oxygen atoms in total. The van der Waals surface area contributed by atoms with E-state index in [9.17, 15) is 8.78 Å². The van der Waals surface area contributed by atoms with E-state index in [4.69, 9.17) is 14.4 Å². The third-order valence-electron chi connectivity index (χ3n) is 2.30. The van der Waals surface area contributed by atoms with Gasteiger partial charge in [-0.15, -0.1) is 0 Å². The number of phenolic OH excluding ortho intramolecular Hbond substituents is 1. The molecule has 2 rings (SSSR count). The van der Waals surface area contributed by atoms with E-state index < -0.39 is 13.0 Å². The Hall–Kier alpha value is -2.02. The molecule has 0 aliphatic rings. The van der Waals surface area contributed by atoms with Crippen molar-refractivity contribution in [1.82, 2.24) is 10.1 Å². The van der Waals surface area contributed by atoms with E-state index in [1.165, 1.54) is 12.1 Å². The van der Waals surface area contributed by atoms with Crippen molar-refractivity contribution in [1.29, 1.82) is 0 Å². The van der Waals surface area contributed by atoms with E-state index in [-0.39, 0.29) is 12.4 Å². The van der Waals surface area contributed by atoms with Crippen LogP contribution in [0.1, 0.15) is 5.82 Å². The first-order valence-corrected chi connectivity index (χ1v) is 5.63. The normalized spacial score (nSPS) is 11.1. The van der Waals surface area contributed by atoms with Crippen LogP contribution in [-0.2, 0) is 11.2 Å². The minimum absolute atomic E-state index is 0.110. The van der Waals surface area contributed by atoms with E-state index in [0.29, 0.717) is 23.7 Å². The molecule has 1 aromatic heterocycles. The zero-order valence-electron chi connectivity index (χ0n) is 9.92. The number of aromatic hydroxyl groups is 1. The Kier molecular flexibility index (Phi) is 4.40. The summed E-state index contributed by atoms with van der Waals surface area (Å²) in [6.45, 7) is -0.485. The Balaban J connectivity index is 1.90. The number of rotatable bonds is 6. The lowest BCUT2D eigenvalue weighted by molar-refractivity contribution is 0.0182. The molecular weight excluding hydrogens is 258 g/mol. The highest BCUT2D eigenvalue weighted by atomic mass is 19.3. The molecule has 0 saturated carbocycles. The fourth-order valence-electron chi connectivity index (χ4n) is 1.41. The number of hydrogen-bond acceptors (Lipinski definition) is 5. The van der Waals surface area contributed by atoms with Crippen molar-refractivity contribution < 1.29 is 23.1 Å². The molecule has 0 unspecified atom stereocenters. The maximum atomic E-state index is 11.8. The summed E-state index contributed by atoms with van der Waals surface area (Å²) < 4.78 is 33.4. The molecule has 7 heteroatoms. The molecule has 1 aromatic carbocycles. The summed E-state index contributed by atoms with van der Waals surface area (Å²) in [5.74, 6) is 0.838. The maximum Gasteiger partial charge on any atom is 0.261 e. The summed E-state index contributed by atoms with van der Waals surface area (Å²) in [7, 11) is 0. The van der Waals surface area contributed by atoms with Crippen molar-refractivity contribution in [3.8, 4) is 17.2 Å². The molecule has 0 aliphatic carbocycles. The van der Waals surface area contributed by atoms with Gasteiger partial charge in [0.1, 0.15) is 12.4 Å². The van der Waals surface area contributed by atoms with Gasteiger partial charge in [-0.25, -0.2) is 8.78 Å². The average molecular weight is 270 g/mol. The van der Waals surface area contributed by atoms with Crippen LogP contribution in [0.5, 0.6) is 5.75 Å². The van der Waals surface area contributed by atoms with Crippen LogP contribution in [0.3, 0.4) is 0 Å². The van der Waals surface area contributed by atoms with Crippen LogP contribution in [0.4, 0.5) is 8.78 Å². The first-order chi connectivity index (χ1) is 9.15. The molecule has 19 heavy (non-hydrogen) atoms. The summed E-state index contributed by atoms with van der Waals surface area (Å²) in [4.78, 5) is 4.10. The van der Waals surface area contributed by atoms with Crippen LogP contribution in [0.2, 0.25) is 0 Å². The summed E-state index contributed by atoms with van der Waals surface area (Å²) in [6.07, 6.45) is -2.17.